The van der Waals surface area contributed by atoms with Gasteiger partial charge in [-0.15, -0.1) is 0 Å². The lowest BCUT2D eigenvalue weighted by atomic mass is 10.1. The van der Waals surface area contributed by atoms with E-state index in [0.29, 0.717) is 0 Å². The third-order valence-electron chi connectivity index (χ3n) is 3.16. The Labute approximate surface area is 104 Å². The molecule has 0 saturated heterocycles. The summed E-state index contributed by atoms with van der Waals surface area (Å²) >= 11 is 0. The van der Waals surface area contributed by atoms with Crippen LogP contribution in [-0.4, -0.2) is 19.7 Å². The molecule has 1 aromatic carbocycles. The number of nitrogens with one attached hydrogen (secondary N) is 1. The molecule has 0 aliphatic carbocycles. The Kier molecular flexibility index (Phi) is 3.85. The fourth-order valence-corrected chi connectivity index (χ4v) is 2.36. The van der Waals surface area contributed by atoms with E-state index in [1.54, 1.807) is 0 Å². The maximum absolute atomic E-state index is 5.97. The number of hydrogen-bond donors (Lipinski definition) is 1. The van der Waals surface area contributed by atoms with Gasteiger partial charge in [-0.05, 0) is 50.4 Å². The van der Waals surface area contributed by atoms with Gasteiger partial charge in [-0.2, -0.15) is 0 Å². The van der Waals surface area contributed by atoms with Crippen LogP contribution in [0.1, 0.15) is 23.1 Å². The van der Waals surface area contributed by atoms with Gasteiger partial charge >= 0.3 is 0 Å². The zero-order valence-corrected chi connectivity index (χ0v) is 11.0. The van der Waals surface area contributed by atoms with Gasteiger partial charge in [0.05, 0.1) is 0 Å². The van der Waals surface area contributed by atoms with Crippen molar-refractivity contribution in [2.24, 2.45) is 0 Å². The number of benzene rings is 1. The molecule has 0 spiro atoms. The molecule has 0 saturated carbocycles. The molecule has 2 nitrogen and oxygen atoms in total. The van der Waals surface area contributed by atoms with E-state index in [9.17, 15) is 0 Å². The minimum Gasteiger partial charge on any atom is -0.489 e. The Hall–Kier alpha value is -1.28. The Bertz CT molecular complexity index is 412. The molecule has 0 unspecified atom stereocenters. The van der Waals surface area contributed by atoms with E-state index in [1.807, 2.05) is 0 Å². The fraction of sp³-hybridized carbons (Fsp3) is 0.467. The minimum absolute atomic E-state index is 0.729. The highest BCUT2D eigenvalue weighted by atomic mass is 16.5. The zero-order chi connectivity index (χ0) is 12.3. The van der Waals surface area contributed by atoms with Crippen molar-refractivity contribution in [1.29, 1.82) is 0 Å². The van der Waals surface area contributed by atoms with Crippen LogP contribution in [0.5, 0.6) is 5.75 Å². The van der Waals surface area contributed by atoms with E-state index in [4.69, 9.17) is 4.74 Å². The second-order valence-electron chi connectivity index (χ2n) is 4.83. The third kappa shape index (κ3) is 3.10. The van der Waals surface area contributed by atoms with Crippen LogP contribution >= 0.6 is 0 Å². The summed E-state index contributed by atoms with van der Waals surface area (Å²) in [5.74, 6) is 1.05. The van der Waals surface area contributed by atoms with Crippen LogP contribution in [0.25, 0.3) is 0 Å². The third-order valence-corrected chi connectivity index (χ3v) is 3.16. The smallest absolute Gasteiger partial charge is 0.125 e. The van der Waals surface area contributed by atoms with Gasteiger partial charge in [0.15, 0.2) is 0 Å². The molecule has 0 atom stereocenters. The number of hydrogen-bond acceptors (Lipinski definition) is 2. The normalized spacial score (nSPS) is 15.6. The first-order valence-corrected chi connectivity index (χ1v) is 6.26. The molecule has 1 heterocycles. The topological polar surface area (TPSA) is 21.3 Å². The van der Waals surface area contributed by atoms with Gasteiger partial charge in [0.1, 0.15) is 12.4 Å². The molecular weight excluding hydrogens is 210 g/mol. The average Bonchev–Trinajstić information content (AvgIpc) is 2.29. The molecule has 1 aliphatic heterocycles. The summed E-state index contributed by atoms with van der Waals surface area (Å²) < 4.78 is 5.97. The minimum atomic E-state index is 0.729. The average molecular weight is 231 g/mol. The second kappa shape index (κ2) is 5.37. The van der Waals surface area contributed by atoms with Gasteiger partial charge in [0.2, 0.25) is 0 Å². The molecule has 92 valence electrons. The van der Waals surface area contributed by atoms with Crippen LogP contribution in [0, 0.1) is 20.8 Å². The Morgan fingerprint density at radius 1 is 1.18 bits per heavy atom. The largest absolute Gasteiger partial charge is 0.489 e. The Morgan fingerprint density at radius 2 is 1.88 bits per heavy atom. The molecule has 1 aliphatic rings. The number of rotatable bonds is 3. The molecule has 0 aromatic heterocycles. The zero-order valence-electron chi connectivity index (χ0n) is 11.0. The first-order valence-electron chi connectivity index (χ1n) is 6.26. The van der Waals surface area contributed by atoms with Crippen molar-refractivity contribution in [3.8, 4) is 5.75 Å². The first kappa shape index (κ1) is 12.2. The number of ether oxygens (including phenoxy) is 1. The molecule has 17 heavy (non-hydrogen) atoms. The van der Waals surface area contributed by atoms with Crippen LogP contribution in [0.2, 0.25) is 0 Å². The van der Waals surface area contributed by atoms with Crippen molar-refractivity contribution >= 4 is 0 Å². The van der Waals surface area contributed by atoms with Crippen LogP contribution in [-0.2, 0) is 0 Å². The van der Waals surface area contributed by atoms with Gasteiger partial charge in [-0.1, -0.05) is 23.8 Å². The maximum Gasteiger partial charge on any atom is 0.125 e. The number of aryl methyl sites for hydroxylation is 3. The van der Waals surface area contributed by atoms with Crippen molar-refractivity contribution < 1.29 is 4.74 Å². The predicted octanol–water partition coefficient (Wildman–Crippen LogP) is 2.91. The molecule has 0 fully saturated rings. The summed E-state index contributed by atoms with van der Waals surface area (Å²) in [5, 5.41) is 3.31. The van der Waals surface area contributed by atoms with Crippen LogP contribution in [0.15, 0.2) is 23.8 Å². The molecule has 2 heteroatoms. The Morgan fingerprint density at radius 3 is 2.47 bits per heavy atom. The van der Waals surface area contributed by atoms with Crippen molar-refractivity contribution in [2.75, 3.05) is 19.7 Å². The van der Waals surface area contributed by atoms with E-state index >= 15 is 0 Å². The lowest BCUT2D eigenvalue weighted by Crippen LogP contribution is -2.22. The molecule has 1 aromatic rings. The molecule has 0 amide bonds. The van der Waals surface area contributed by atoms with Crippen molar-refractivity contribution in [3.63, 3.8) is 0 Å². The highest BCUT2D eigenvalue weighted by molar-refractivity contribution is 5.43. The SMILES string of the molecule is Cc1cc(C)c(OCC2=CCNCC2)c(C)c1. The second-order valence-corrected chi connectivity index (χ2v) is 4.83. The predicted molar refractivity (Wildman–Crippen MR) is 71.7 cm³/mol. The maximum atomic E-state index is 5.97. The summed E-state index contributed by atoms with van der Waals surface area (Å²) in [5.41, 5.74) is 5.17. The monoisotopic (exact) mass is 231 g/mol. The van der Waals surface area contributed by atoms with E-state index in [-0.39, 0.29) is 0 Å². The first-order chi connectivity index (χ1) is 8.16. The van der Waals surface area contributed by atoms with Crippen LogP contribution < -0.4 is 10.1 Å². The summed E-state index contributed by atoms with van der Waals surface area (Å²) in [4.78, 5) is 0. The van der Waals surface area contributed by atoms with E-state index in [1.165, 1.54) is 22.3 Å². The van der Waals surface area contributed by atoms with E-state index < -0.39 is 0 Å². The molecular formula is C15H21NO. The van der Waals surface area contributed by atoms with E-state index in [2.05, 4.69) is 44.3 Å². The Balaban J connectivity index is 2.06. The highest BCUT2D eigenvalue weighted by Crippen LogP contribution is 2.25. The molecule has 2 rings (SSSR count). The lowest BCUT2D eigenvalue weighted by molar-refractivity contribution is 0.339. The van der Waals surface area contributed by atoms with Crippen LogP contribution in [0.4, 0.5) is 0 Å². The quantitative estimate of drug-likeness (QED) is 0.808. The summed E-state index contributed by atoms with van der Waals surface area (Å²) in [7, 11) is 0. The standard InChI is InChI=1S/C15H21NO/c1-11-8-12(2)15(13(3)9-11)17-10-14-4-6-16-7-5-14/h4,8-9,16H,5-7,10H2,1-3H3. The molecule has 0 bridgehead atoms. The summed E-state index contributed by atoms with van der Waals surface area (Å²) in [6.45, 7) is 9.13. The fourth-order valence-electron chi connectivity index (χ4n) is 2.36. The van der Waals surface area contributed by atoms with Gasteiger partial charge in [0.25, 0.3) is 0 Å². The van der Waals surface area contributed by atoms with Gasteiger partial charge in [-0.25, -0.2) is 0 Å². The van der Waals surface area contributed by atoms with Gasteiger partial charge < -0.3 is 10.1 Å². The van der Waals surface area contributed by atoms with Gasteiger partial charge in [0, 0.05) is 6.54 Å². The van der Waals surface area contributed by atoms with Gasteiger partial charge in [-0.3, -0.25) is 0 Å². The molecule has 0 radical (unpaired) electrons. The van der Waals surface area contributed by atoms with E-state index in [0.717, 1.165) is 31.9 Å². The lowest BCUT2D eigenvalue weighted by Gasteiger charge is -2.17. The molecule has 1 N–H and O–H groups in total. The van der Waals surface area contributed by atoms with Crippen molar-refractivity contribution in [2.45, 2.75) is 27.2 Å². The van der Waals surface area contributed by atoms with Crippen molar-refractivity contribution in [3.05, 3.63) is 40.5 Å². The summed E-state index contributed by atoms with van der Waals surface area (Å²) in [6.07, 6.45) is 3.34. The van der Waals surface area contributed by atoms with Crippen molar-refractivity contribution in [1.82, 2.24) is 5.32 Å². The van der Waals surface area contributed by atoms with Crippen LogP contribution in [0.3, 0.4) is 0 Å². The highest BCUT2D eigenvalue weighted by Gasteiger charge is 2.08. The summed E-state index contributed by atoms with van der Waals surface area (Å²) in [6, 6.07) is 4.36.